The summed E-state index contributed by atoms with van der Waals surface area (Å²) in [6.07, 6.45) is 5.57. The molecule has 0 unspecified atom stereocenters. The van der Waals surface area contributed by atoms with Gasteiger partial charge in [-0.15, -0.1) is 0 Å². The van der Waals surface area contributed by atoms with Gasteiger partial charge in [-0.2, -0.15) is 0 Å². The van der Waals surface area contributed by atoms with Crippen molar-refractivity contribution in [3.63, 3.8) is 0 Å². The molecule has 5 nitrogen and oxygen atoms in total. The van der Waals surface area contributed by atoms with Crippen LogP contribution in [0.5, 0.6) is 0 Å². The standard InChI is InChI=1S/C20H14ClN3O2/c1-2-12-8-13-9-17(24-19(13)22-11-12)15-10-14(5-6-16(15)21)23-20(25)18-4-3-7-26-18/h2-8,10-11H,1,9H2,(H,23,25). The number of carbonyl (C=O) groups excluding carboxylic acids is 1. The van der Waals surface area contributed by atoms with Gasteiger partial charge in [0.1, 0.15) is 0 Å². The highest BCUT2D eigenvalue weighted by atomic mass is 35.5. The van der Waals surface area contributed by atoms with Crippen LogP contribution in [0.4, 0.5) is 11.5 Å². The van der Waals surface area contributed by atoms with Crippen LogP contribution in [0.3, 0.4) is 0 Å². The minimum atomic E-state index is -0.322. The lowest BCUT2D eigenvalue weighted by molar-refractivity contribution is 0.0996. The molecule has 1 N–H and O–H groups in total. The molecule has 3 aromatic rings. The lowest BCUT2D eigenvalue weighted by atomic mass is 10.0. The molecule has 6 heteroatoms. The molecular formula is C20H14ClN3O2. The Balaban J connectivity index is 1.61. The summed E-state index contributed by atoms with van der Waals surface area (Å²) in [5, 5.41) is 3.37. The minimum Gasteiger partial charge on any atom is -0.459 e. The number of pyridine rings is 1. The topological polar surface area (TPSA) is 67.5 Å². The number of anilines is 1. The van der Waals surface area contributed by atoms with Gasteiger partial charge in [-0.25, -0.2) is 9.98 Å². The fraction of sp³-hybridized carbons (Fsp3) is 0.0500. The average Bonchev–Trinajstić information content (AvgIpc) is 3.32. The summed E-state index contributed by atoms with van der Waals surface area (Å²) in [5.74, 6) is 0.608. The van der Waals surface area contributed by atoms with Crippen LogP contribution in [0, 0.1) is 0 Å². The lowest BCUT2D eigenvalue weighted by Gasteiger charge is -2.08. The third kappa shape index (κ3) is 3.05. The van der Waals surface area contributed by atoms with Crippen LogP contribution in [0.15, 0.2) is 64.8 Å². The number of hydrogen-bond acceptors (Lipinski definition) is 4. The second-order valence-electron chi connectivity index (χ2n) is 5.82. The molecule has 0 saturated carbocycles. The van der Waals surface area contributed by atoms with E-state index >= 15 is 0 Å². The van der Waals surface area contributed by atoms with Gasteiger partial charge in [0.25, 0.3) is 5.91 Å². The Kier molecular flexibility index (Phi) is 4.14. The van der Waals surface area contributed by atoms with Crippen LogP contribution >= 0.6 is 11.6 Å². The number of carbonyl (C=O) groups is 1. The molecule has 0 saturated heterocycles. The van der Waals surface area contributed by atoms with Crippen molar-refractivity contribution in [2.24, 2.45) is 4.99 Å². The lowest BCUT2D eigenvalue weighted by Crippen LogP contribution is -2.11. The van der Waals surface area contributed by atoms with E-state index in [1.165, 1.54) is 6.26 Å². The summed E-state index contributed by atoms with van der Waals surface area (Å²) in [7, 11) is 0. The number of halogens is 1. The number of amides is 1. The molecule has 0 aliphatic carbocycles. The number of fused-ring (bicyclic) bond motifs is 1. The fourth-order valence-electron chi connectivity index (χ4n) is 2.79. The molecule has 0 radical (unpaired) electrons. The number of aromatic nitrogens is 1. The second kappa shape index (κ2) is 6.61. The fourth-order valence-corrected chi connectivity index (χ4v) is 3.02. The molecule has 0 atom stereocenters. The highest BCUT2D eigenvalue weighted by molar-refractivity contribution is 6.34. The number of benzene rings is 1. The van der Waals surface area contributed by atoms with Crippen LogP contribution in [-0.4, -0.2) is 16.6 Å². The SMILES string of the molecule is C=Cc1cnc2c(c1)CC(c1cc(NC(=O)c3ccco3)ccc1Cl)=N2. The molecular weight excluding hydrogens is 350 g/mol. The smallest absolute Gasteiger partial charge is 0.291 e. The third-order valence-electron chi connectivity index (χ3n) is 4.08. The molecule has 1 amide bonds. The van der Waals surface area contributed by atoms with Crippen LogP contribution in [0.1, 0.15) is 27.2 Å². The van der Waals surface area contributed by atoms with Gasteiger partial charge in [-0.05, 0) is 42.0 Å². The summed E-state index contributed by atoms with van der Waals surface area (Å²) in [6, 6.07) is 10.6. The molecule has 1 aromatic carbocycles. The van der Waals surface area contributed by atoms with Gasteiger partial charge in [0.2, 0.25) is 0 Å². The number of hydrogen-bond donors (Lipinski definition) is 1. The molecule has 0 bridgehead atoms. The summed E-state index contributed by atoms with van der Waals surface area (Å²) >= 11 is 6.37. The minimum absolute atomic E-state index is 0.244. The molecule has 3 heterocycles. The first-order valence-corrected chi connectivity index (χ1v) is 8.35. The molecule has 128 valence electrons. The molecule has 2 aromatic heterocycles. The van der Waals surface area contributed by atoms with E-state index in [4.69, 9.17) is 16.0 Å². The van der Waals surface area contributed by atoms with Crippen molar-refractivity contribution in [2.45, 2.75) is 6.42 Å². The van der Waals surface area contributed by atoms with E-state index in [2.05, 4.69) is 21.9 Å². The maximum Gasteiger partial charge on any atom is 0.291 e. The van der Waals surface area contributed by atoms with Crippen LogP contribution < -0.4 is 5.32 Å². The zero-order chi connectivity index (χ0) is 18.1. The van der Waals surface area contributed by atoms with E-state index in [9.17, 15) is 4.79 Å². The van der Waals surface area contributed by atoms with Gasteiger partial charge in [-0.1, -0.05) is 24.3 Å². The Labute approximate surface area is 155 Å². The van der Waals surface area contributed by atoms with E-state index < -0.39 is 0 Å². The maximum atomic E-state index is 12.2. The third-order valence-corrected chi connectivity index (χ3v) is 4.41. The molecule has 26 heavy (non-hydrogen) atoms. The Morgan fingerprint density at radius 3 is 2.96 bits per heavy atom. The van der Waals surface area contributed by atoms with E-state index in [1.54, 1.807) is 36.5 Å². The van der Waals surface area contributed by atoms with Gasteiger partial charge >= 0.3 is 0 Å². The van der Waals surface area contributed by atoms with E-state index in [0.29, 0.717) is 22.9 Å². The summed E-state index contributed by atoms with van der Waals surface area (Å²) < 4.78 is 5.11. The Hall–Kier alpha value is -3.18. The van der Waals surface area contributed by atoms with Gasteiger partial charge in [-0.3, -0.25) is 4.79 Å². The predicted molar refractivity (Wildman–Crippen MR) is 102 cm³/mol. The zero-order valence-electron chi connectivity index (χ0n) is 13.7. The average molecular weight is 364 g/mol. The van der Waals surface area contributed by atoms with E-state index in [1.807, 2.05) is 12.1 Å². The van der Waals surface area contributed by atoms with Gasteiger partial charge in [0.05, 0.1) is 12.0 Å². The second-order valence-corrected chi connectivity index (χ2v) is 6.22. The monoisotopic (exact) mass is 363 g/mol. The molecule has 0 spiro atoms. The number of furan rings is 1. The summed E-state index contributed by atoms with van der Waals surface area (Å²) in [6.45, 7) is 3.76. The number of rotatable bonds is 4. The van der Waals surface area contributed by atoms with Crippen molar-refractivity contribution < 1.29 is 9.21 Å². The van der Waals surface area contributed by atoms with E-state index in [-0.39, 0.29) is 11.7 Å². The normalized spacial score (nSPS) is 12.4. The van der Waals surface area contributed by atoms with Crippen molar-refractivity contribution in [3.8, 4) is 0 Å². The van der Waals surface area contributed by atoms with Crippen molar-refractivity contribution in [1.82, 2.24) is 4.98 Å². The number of nitrogens with zero attached hydrogens (tertiary/aromatic N) is 2. The Bertz CT molecular complexity index is 1040. The number of aliphatic imine (C=N–C) groups is 1. The van der Waals surface area contributed by atoms with Crippen LogP contribution in [0.25, 0.3) is 6.08 Å². The van der Waals surface area contributed by atoms with Gasteiger partial charge in [0.15, 0.2) is 11.6 Å². The van der Waals surface area contributed by atoms with Crippen LogP contribution in [-0.2, 0) is 6.42 Å². The van der Waals surface area contributed by atoms with Crippen molar-refractivity contribution in [1.29, 1.82) is 0 Å². The van der Waals surface area contributed by atoms with Crippen molar-refractivity contribution >= 4 is 40.8 Å². The highest BCUT2D eigenvalue weighted by Crippen LogP contribution is 2.31. The predicted octanol–water partition coefficient (Wildman–Crippen LogP) is 4.90. The first-order chi connectivity index (χ1) is 12.6. The first-order valence-electron chi connectivity index (χ1n) is 7.98. The first kappa shape index (κ1) is 16.3. The molecule has 1 aliphatic rings. The zero-order valence-corrected chi connectivity index (χ0v) is 14.5. The van der Waals surface area contributed by atoms with Gasteiger partial charge in [0, 0.05) is 34.5 Å². The Morgan fingerprint density at radius 1 is 1.31 bits per heavy atom. The Morgan fingerprint density at radius 2 is 2.19 bits per heavy atom. The quantitative estimate of drug-likeness (QED) is 0.716. The largest absolute Gasteiger partial charge is 0.459 e. The van der Waals surface area contributed by atoms with Crippen molar-refractivity contribution in [2.75, 3.05) is 5.32 Å². The summed E-state index contributed by atoms with van der Waals surface area (Å²) in [5.41, 5.74) is 4.17. The maximum absolute atomic E-state index is 12.2. The highest BCUT2D eigenvalue weighted by Gasteiger charge is 2.20. The van der Waals surface area contributed by atoms with Crippen LogP contribution in [0.2, 0.25) is 5.02 Å². The van der Waals surface area contributed by atoms with E-state index in [0.717, 1.165) is 22.4 Å². The molecule has 1 aliphatic heterocycles. The van der Waals surface area contributed by atoms with Crippen molar-refractivity contribution in [3.05, 3.63) is 82.9 Å². The molecule has 4 rings (SSSR count). The summed E-state index contributed by atoms with van der Waals surface area (Å²) in [4.78, 5) is 21.1. The number of nitrogens with one attached hydrogen (secondary N) is 1. The van der Waals surface area contributed by atoms with Gasteiger partial charge < -0.3 is 9.73 Å². The molecule has 0 fully saturated rings.